The Kier molecular flexibility index (Phi) is 3.48. The summed E-state index contributed by atoms with van der Waals surface area (Å²) in [5, 5.41) is 8.43. The summed E-state index contributed by atoms with van der Waals surface area (Å²) >= 11 is 0. The minimum atomic E-state index is 0.479. The Labute approximate surface area is 85.7 Å². The monoisotopic (exact) mass is 185 g/mol. The average Bonchev–Trinajstić information content (AvgIpc) is 2.09. The number of benzene rings is 1. The lowest BCUT2D eigenvalue weighted by Gasteiger charge is -2.06. The number of nitriles is 1. The fourth-order valence-electron chi connectivity index (χ4n) is 1.68. The van der Waals surface area contributed by atoms with E-state index in [0.29, 0.717) is 6.42 Å². The second kappa shape index (κ2) is 4.62. The van der Waals surface area contributed by atoms with E-state index in [9.17, 15) is 0 Å². The summed E-state index contributed by atoms with van der Waals surface area (Å²) in [5.41, 5.74) is 5.08. The van der Waals surface area contributed by atoms with Gasteiger partial charge in [0.05, 0.1) is 12.5 Å². The van der Waals surface area contributed by atoms with Gasteiger partial charge < -0.3 is 0 Å². The molecule has 0 heterocycles. The molecule has 0 amide bonds. The Morgan fingerprint density at radius 2 is 1.79 bits per heavy atom. The third kappa shape index (κ3) is 2.47. The smallest absolute Gasteiger partial charge is 0.0663 e. The molecule has 1 heteroatoms. The summed E-state index contributed by atoms with van der Waals surface area (Å²) in [4.78, 5) is 0. The van der Waals surface area contributed by atoms with Gasteiger partial charge in [0, 0.05) is 0 Å². The molecule has 1 nitrogen and oxygen atoms in total. The molecule has 1 aromatic carbocycles. The average molecular weight is 185 g/mol. The van der Waals surface area contributed by atoms with Crippen LogP contribution in [-0.4, -0.2) is 0 Å². The highest BCUT2D eigenvalue weighted by Crippen LogP contribution is 2.17. The molecule has 0 spiro atoms. The van der Waals surface area contributed by atoms with Crippen molar-refractivity contribution in [3.8, 4) is 6.07 Å². The molecule has 0 aliphatic rings. The Hall–Kier alpha value is -1.55. The molecule has 0 radical (unpaired) electrons. The lowest BCUT2D eigenvalue weighted by atomic mass is 9.99. The van der Waals surface area contributed by atoms with Gasteiger partial charge in [-0.2, -0.15) is 5.26 Å². The van der Waals surface area contributed by atoms with Gasteiger partial charge in [0.2, 0.25) is 0 Å². The van der Waals surface area contributed by atoms with Crippen molar-refractivity contribution in [3.63, 3.8) is 0 Å². The van der Waals surface area contributed by atoms with Gasteiger partial charge in [-0.3, -0.25) is 0 Å². The van der Waals surface area contributed by atoms with Gasteiger partial charge >= 0.3 is 0 Å². The first-order valence-corrected chi connectivity index (χ1v) is 4.76. The molecular weight excluding hydrogens is 170 g/mol. The van der Waals surface area contributed by atoms with Crippen molar-refractivity contribution >= 4 is 6.08 Å². The third-order valence-electron chi connectivity index (χ3n) is 2.23. The van der Waals surface area contributed by atoms with Gasteiger partial charge in [0.25, 0.3) is 0 Å². The number of aryl methyl sites for hydroxylation is 3. The maximum Gasteiger partial charge on any atom is 0.0663 e. The zero-order valence-electron chi connectivity index (χ0n) is 8.96. The minimum Gasteiger partial charge on any atom is -0.198 e. The Bertz CT molecular complexity index is 371. The second-order valence-electron chi connectivity index (χ2n) is 3.58. The highest BCUT2D eigenvalue weighted by molar-refractivity contribution is 5.58. The van der Waals surface area contributed by atoms with E-state index in [0.717, 1.165) is 0 Å². The zero-order valence-corrected chi connectivity index (χ0v) is 8.96. The first-order valence-electron chi connectivity index (χ1n) is 4.76. The molecule has 72 valence electrons. The predicted molar refractivity (Wildman–Crippen MR) is 59.9 cm³/mol. The predicted octanol–water partition coefficient (Wildman–Crippen LogP) is 3.54. The second-order valence-corrected chi connectivity index (χ2v) is 3.58. The number of nitrogens with zero attached hydrogens (tertiary/aromatic N) is 1. The van der Waals surface area contributed by atoms with Crippen molar-refractivity contribution in [3.05, 3.63) is 40.5 Å². The van der Waals surface area contributed by atoms with Crippen LogP contribution in [0.4, 0.5) is 0 Å². The first-order chi connectivity index (χ1) is 6.65. The molecule has 0 saturated carbocycles. The fourth-order valence-corrected chi connectivity index (χ4v) is 1.68. The maximum atomic E-state index is 8.43. The number of rotatable bonds is 2. The fraction of sp³-hybridized carbons (Fsp3) is 0.308. The van der Waals surface area contributed by atoms with E-state index in [2.05, 4.69) is 39.0 Å². The lowest BCUT2D eigenvalue weighted by molar-refractivity contribution is 1.29. The Morgan fingerprint density at radius 1 is 1.21 bits per heavy atom. The summed E-state index contributed by atoms with van der Waals surface area (Å²) < 4.78 is 0. The van der Waals surface area contributed by atoms with E-state index in [1.807, 2.05) is 12.2 Å². The molecule has 1 rings (SSSR count). The first kappa shape index (κ1) is 10.5. The molecule has 0 fully saturated rings. The summed E-state index contributed by atoms with van der Waals surface area (Å²) in [5.74, 6) is 0. The van der Waals surface area contributed by atoms with E-state index in [4.69, 9.17) is 5.26 Å². The van der Waals surface area contributed by atoms with E-state index >= 15 is 0 Å². The van der Waals surface area contributed by atoms with Crippen LogP contribution in [0.25, 0.3) is 6.08 Å². The van der Waals surface area contributed by atoms with E-state index in [1.165, 1.54) is 22.3 Å². The molecule has 0 unspecified atom stereocenters. The summed E-state index contributed by atoms with van der Waals surface area (Å²) in [7, 11) is 0. The van der Waals surface area contributed by atoms with Crippen molar-refractivity contribution in [1.29, 1.82) is 5.26 Å². The van der Waals surface area contributed by atoms with Crippen molar-refractivity contribution in [2.75, 3.05) is 0 Å². The van der Waals surface area contributed by atoms with Gasteiger partial charge in [-0.05, 0) is 37.5 Å². The Balaban J connectivity index is 3.04. The molecular formula is C13H15N. The highest BCUT2D eigenvalue weighted by Gasteiger charge is 1.99. The van der Waals surface area contributed by atoms with Crippen LogP contribution >= 0.6 is 0 Å². The van der Waals surface area contributed by atoms with Crippen LogP contribution in [0.1, 0.15) is 28.7 Å². The molecule has 14 heavy (non-hydrogen) atoms. The van der Waals surface area contributed by atoms with Crippen molar-refractivity contribution < 1.29 is 0 Å². The van der Waals surface area contributed by atoms with Crippen LogP contribution in [-0.2, 0) is 0 Å². The SMILES string of the molecule is Cc1cc(C)c(C=CCC#N)c(C)c1. The van der Waals surface area contributed by atoms with Gasteiger partial charge in [-0.25, -0.2) is 0 Å². The molecule has 0 bridgehead atoms. The largest absolute Gasteiger partial charge is 0.198 e. The summed E-state index contributed by atoms with van der Waals surface area (Å²) in [6.45, 7) is 6.31. The highest BCUT2D eigenvalue weighted by atomic mass is 14.2. The number of allylic oxidation sites excluding steroid dienone is 1. The van der Waals surface area contributed by atoms with Crippen molar-refractivity contribution in [1.82, 2.24) is 0 Å². The lowest BCUT2D eigenvalue weighted by Crippen LogP contribution is -1.88. The molecule has 0 aliphatic carbocycles. The quantitative estimate of drug-likeness (QED) is 0.691. The van der Waals surface area contributed by atoms with Crippen LogP contribution in [0.15, 0.2) is 18.2 Å². The van der Waals surface area contributed by atoms with Crippen LogP contribution in [0, 0.1) is 32.1 Å². The van der Waals surface area contributed by atoms with Gasteiger partial charge in [0.15, 0.2) is 0 Å². The zero-order chi connectivity index (χ0) is 10.6. The molecule has 1 aromatic rings. The van der Waals surface area contributed by atoms with Crippen LogP contribution in [0.3, 0.4) is 0 Å². The van der Waals surface area contributed by atoms with Crippen molar-refractivity contribution in [2.45, 2.75) is 27.2 Å². The minimum absolute atomic E-state index is 0.479. The molecule has 0 atom stereocenters. The normalized spacial score (nSPS) is 10.4. The summed E-state index contributed by atoms with van der Waals surface area (Å²) in [6.07, 6.45) is 4.42. The van der Waals surface area contributed by atoms with E-state index < -0.39 is 0 Å². The molecule has 0 saturated heterocycles. The van der Waals surface area contributed by atoms with Gasteiger partial charge in [0.1, 0.15) is 0 Å². The Morgan fingerprint density at radius 3 is 2.29 bits per heavy atom. The number of hydrogen-bond donors (Lipinski definition) is 0. The van der Waals surface area contributed by atoms with Gasteiger partial charge in [-0.15, -0.1) is 0 Å². The topological polar surface area (TPSA) is 23.8 Å². The van der Waals surface area contributed by atoms with Crippen LogP contribution in [0.5, 0.6) is 0 Å². The van der Waals surface area contributed by atoms with Gasteiger partial charge in [-0.1, -0.05) is 29.8 Å². The van der Waals surface area contributed by atoms with Crippen LogP contribution < -0.4 is 0 Å². The van der Waals surface area contributed by atoms with E-state index in [-0.39, 0.29) is 0 Å². The number of hydrogen-bond acceptors (Lipinski definition) is 1. The standard InChI is InChI=1S/C13H15N/c1-10-8-11(2)13(12(3)9-10)6-4-5-7-14/h4,6,8-9H,5H2,1-3H3. The molecule has 0 aromatic heterocycles. The van der Waals surface area contributed by atoms with Crippen LogP contribution in [0.2, 0.25) is 0 Å². The van der Waals surface area contributed by atoms with Crippen molar-refractivity contribution in [2.24, 2.45) is 0 Å². The maximum absolute atomic E-state index is 8.43. The van der Waals surface area contributed by atoms with E-state index in [1.54, 1.807) is 0 Å². The summed E-state index contributed by atoms with van der Waals surface area (Å²) in [6, 6.07) is 6.43. The molecule has 0 N–H and O–H groups in total. The third-order valence-corrected chi connectivity index (χ3v) is 2.23. The molecule has 0 aliphatic heterocycles.